The summed E-state index contributed by atoms with van der Waals surface area (Å²) in [4.78, 5) is 76.7. The van der Waals surface area contributed by atoms with Crippen LogP contribution < -0.4 is 21.3 Å². The maximum atomic E-state index is 14.8. The quantitative estimate of drug-likeness (QED) is 0.217. The summed E-state index contributed by atoms with van der Waals surface area (Å²) in [7, 11) is 1.35. The third-order valence-corrected chi connectivity index (χ3v) is 9.48. The topological polar surface area (TPSA) is 160 Å². The van der Waals surface area contributed by atoms with Crippen LogP contribution in [0.1, 0.15) is 65.6 Å². The Labute approximate surface area is 282 Å². The molecule has 3 aromatic heterocycles. The number of amides is 3. The number of ether oxygens (including phenoxy) is 1. The highest BCUT2D eigenvalue weighted by atomic mass is 32.1. The van der Waals surface area contributed by atoms with Gasteiger partial charge in [0.2, 0.25) is 5.91 Å². The number of carbonyl (C=O) groups excluding carboxylic acids is 3. The lowest BCUT2D eigenvalue weighted by Gasteiger charge is -2.29. The van der Waals surface area contributed by atoms with Crippen molar-refractivity contribution in [3.05, 3.63) is 104 Å². The van der Waals surface area contributed by atoms with Gasteiger partial charge in [-0.15, -0.1) is 9.86 Å². The largest absolute Gasteiger partial charge is 0.496 e. The fourth-order valence-electron chi connectivity index (χ4n) is 5.74. The lowest BCUT2D eigenvalue weighted by molar-refractivity contribution is -0.139. The molecule has 1 N–H and O–H groups in total. The molecule has 1 unspecified atom stereocenters. The van der Waals surface area contributed by atoms with Gasteiger partial charge < -0.3 is 10.1 Å². The van der Waals surface area contributed by atoms with Crippen molar-refractivity contribution < 1.29 is 28.3 Å². The van der Waals surface area contributed by atoms with Gasteiger partial charge in [0.25, 0.3) is 17.4 Å². The lowest BCUT2D eigenvalue weighted by atomic mass is 10.0. The highest BCUT2D eigenvalue weighted by molar-refractivity contribution is 7.21. The fourth-order valence-corrected chi connectivity index (χ4v) is 6.96. The van der Waals surface area contributed by atoms with Crippen molar-refractivity contribution in [3.8, 4) is 10.8 Å². The molecule has 2 aromatic carbocycles. The third-order valence-electron chi connectivity index (χ3n) is 8.20. The summed E-state index contributed by atoms with van der Waals surface area (Å²) in [6.07, 6.45) is 1.49. The van der Waals surface area contributed by atoms with Crippen molar-refractivity contribution in [1.29, 1.82) is 0 Å². The van der Waals surface area contributed by atoms with Crippen LogP contribution >= 0.6 is 11.3 Å². The Hall–Kier alpha value is -5.48. The molecule has 0 saturated carbocycles. The Bertz CT molecular complexity index is 2220. The van der Waals surface area contributed by atoms with Gasteiger partial charge in [-0.3, -0.25) is 28.6 Å². The normalized spacial score (nSPS) is 13.8. The second-order valence-electron chi connectivity index (χ2n) is 12.2. The summed E-state index contributed by atoms with van der Waals surface area (Å²) >= 11 is 1.04. The first kappa shape index (κ1) is 33.4. The number of nitrogens with zero attached hydrogens (tertiary/aromatic N) is 6. The number of hydrogen-bond donors (Lipinski definition) is 1. The van der Waals surface area contributed by atoms with Crippen molar-refractivity contribution in [1.82, 2.24) is 34.5 Å². The number of benzene rings is 2. The van der Waals surface area contributed by atoms with E-state index in [0.717, 1.165) is 28.0 Å². The predicted octanol–water partition coefficient (Wildman–Crippen LogP) is 3.49. The maximum Gasteiger partial charge on any atom is 0.333 e. The first-order valence-corrected chi connectivity index (χ1v) is 16.0. The third kappa shape index (κ3) is 5.61. The number of carbonyl (C=O) groups is 3. The molecular formula is C33H32FN7O7S. The van der Waals surface area contributed by atoms with Crippen LogP contribution in [-0.2, 0) is 21.7 Å². The Kier molecular flexibility index (Phi) is 8.54. The van der Waals surface area contributed by atoms with E-state index in [1.807, 2.05) is 0 Å². The van der Waals surface area contributed by atoms with E-state index < -0.39 is 53.0 Å². The van der Waals surface area contributed by atoms with E-state index in [1.165, 1.54) is 60.9 Å². The maximum absolute atomic E-state index is 14.8. The van der Waals surface area contributed by atoms with Gasteiger partial charge in [-0.25, -0.2) is 13.8 Å². The van der Waals surface area contributed by atoms with Crippen LogP contribution in [0.3, 0.4) is 0 Å². The van der Waals surface area contributed by atoms with E-state index in [4.69, 9.17) is 9.57 Å². The van der Waals surface area contributed by atoms with Gasteiger partial charge in [0.05, 0.1) is 42.6 Å². The van der Waals surface area contributed by atoms with Gasteiger partial charge in [0.15, 0.2) is 0 Å². The Balaban J connectivity index is 1.60. The number of rotatable bonds is 10. The molecule has 0 fully saturated rings. The average molecular weight is 690 g/mol. The molecule has 14 nitrogen and oxygen atoms in total. The number of nitrogens with one attached hydrogen (secondary N) is 1. The Morgan fingerprint density at radius 3 is 2.24 bits per heavy atom. The Morgan fingerprint density at radius 2 is 1.65 bits per heavy atom. The van der Waals surface area contributed by atoms with Crippen LogP contribution in [0.25, 0.3) is 15.2 Å². The highest BCUT2D eigenvalue weighted by Gasteiger charge is 2.40. The van der Waals surface area contributed by atoms with Crippen LogP contribution in [-0.4, -0.2) is 60.1 Å². The molecule has 4 heterocycles. The molecule has 0 aliphatic carbocycles. The fraction of sp³-hybridized carbons (Fsp3) is 0.303. The standard InChI is InChI=1S/C33H32FN7O7S/c1-17(2)37-31(45)33(4,5)39-28(44)25-18(3)29(41-35-13-14-36-41)49-30(25)38(32(39)46)16-24(22-15-19(34)11-12-23(22)47-6)48-40-26(42)20-9-7-8-10-21(20)27(40)43/h7-15,17,24H,16H2,1-6H3,(H,37,45). The second-order valence-corrected chi connectivity index (χ2v) is 13.2. The smallest absolute Gasteiger partial charge is 0.333 e. The van der Waals surface area contributed by atoms with Crippen molar-refractivity contribution in [2.24, 2.45) is 0 Å². The van der Waals surface area contributed by atoms with Crippen molar-refractivity contribution in [3.63, 3.8) is 0 Å². The molecule has 49 heavy (non-hydrogen) atoms. The Morgan fingerprint density at radius 1 is 1.02 bits per heavy atom. The summed E-state index contributed by atoms with van der Waals surface area (Å²) in [5, 5.41) is 12.2. The molecule has 254 valence electrons. The van der Waals surface area contributed by atoms with Crippen molar-refractivity contribution >= 4 is 39.3 Å². The van der Waals surface area contributed by atoms with E-state index in [0.29, 0.717) is 15.6 Å². The first-order valence-electron chi connectivity index (χ1n) is 15.2. The number of hydrogen-bond acceptors (Lipinski definition) is 10. The second kappa shape index (κ2) is 12.5. The van der Waals surface area contributed by atoms with E-state index in [1.54, 1.807) is 32.9 Å². The van der Waals surface area contributed by atoms with E-state index in [-0.39, 0.29) is 38.7 Å². The molecule has 16 heteroatoms. The summed E-state index contributed by atoms with van der Waals surface area (Å²) in [6, 6.07) is 9.47. The van der Waals surface area contributed by atoms with Gasteiger partial charge in [0, 0.05) is 17.2 Å². The zero-order valence-corrected chi connectivity index (χ0v) is 28.2. The monoisotopic (exact) mass is 689 g/mol. The van der Waals surface area contributed by atoms with Crippen LogP contribution in [0.2, 0.25) is 0 Å². The molecule has 1 aliphatic rings. The zero-order chi connectivity index (χ0) is 35.4. The number of thiophene rings is 1. The van der Waals surface area contributed by atoms with E-state index in [2.05, 4.69) is 15.5 Å². The van der Waals surface area contributed by atoms with Gasteiger partial charge in [0.1, 0.15) is 33.0 Å². The summed E-state index contributed by atoms with van der Waals surface area (Å²) in [6.45, 7) is 7.60. The molecule has 0 radical (unpaired) electrons. The summed E-state index contributed by atoms with van der Waals surface area (Å²) in [5.41, 5.74) is -2.60. The zero-order valence-electron chi connectivity index (χ0n) is 27.4. The molecule has 0 spiro atoms. The van der Waals surface area contributed by atoms with Gasteiger partial charge in [-0.1, -0.05) is 23.5 Å². The SMILES string of the molecule is COc1ccc(F)cc1C(Cn1c(=O)n(C(C)(C)C(=O)NC(C)C)c(=O)c2c(C)c(-n3nccn3)sc21)ON1C(=O)c2ccccc2C1=O. The summed E-state index contributed by atoms with van der Waals surface area (Å²) < 4.78 is 22.4. The van der Waals surface area contributed by atoms with E-state index in [9.17, 15) is 28.4 Å². The lowest BCUT2D eigenvalue weighted by Crippen LogP contribution is -2.56. The van der Waals surface area contributed by atoms with Crippen LogP contribution in [0, 0.1) is 12.7 Å². The van der Waals surface area contributed by atoms with E-state index >= 15 is 0 Å². The first-order chi connectivity index (χ1) is 23.3. The minimum absolute atomic E-state index is 0.0657. The molecule has 1 aliphatic heterocycles. The number of halogens is 1. The van der Waals surface area contributed by atoms with Crippen LogP contribution in [0.15, 0.2) is 64.4 Å². The number of aromatic nitrogens is 5. The van der Waals surface area contributed by atoms with Crippen LogP contribution in [0.5, 0.6) is 5.75 Å². The number of fused-ring (bicyclic) bond motifs is 2. The number of imide groups is 1. The van der Waals surface area contributed by atoms with Crippen LogP contribution in [0.4, 0.5) is 4.39 Å². The van der Waals surface area contributed by atoms with Gasteiger partial charge in [-0.2, -0.15) is 10.2 Å². The minimum Gasteiger partial charge on any atom is -0.496 e. The predicted molar refractivity (Wildman–Crippen MR) is 176 cm³/mol. The highest BCUT2D eigenvalue weighted by Crippen LogP contribution is 2.36. The van der Waals surface area contributed by atoms with Gasteiger partial charge in [-0.05, 0) is 65.0 Å². The number of hydroxylamine groups is 2. The van der Waals surface area contributed by atoms with Crippen molar-refractivity contribution in [2.75, 3.05) is 7.11 Å². The summed E-state index contributed by atoms with van der Waals surface area (Å²) in [5.74, 6) is -2.64. The van der Waals surface area contributed by atoms with Gasteiger partial charge >= 0.3 is 5.69 Å². The number of aryl methyl sites for hydroxylation is 1. The number of methoxy groups -OCH3 is 1. The van der Waals surface area contributed by atoms with Crippen molar-refractivity contribution in [2.45, 2.75) is 58.8 Å². The minimum atomic E-state index is -1.69. The molecule has 5 aromatic rings. The molecule has 1 atom stereocenters. The molecule has 3 amide bonds. The molecular weight excluding hydrogens is 657 g/mol. The molecule has 0 bridgehead atoms. The molecule has 0 saturated heterocycles. The molecule has 6 rings (SSSR count). The average Bonchev–Trinajstić information content (AvgIpc) is 3.76.